The van der Waals surface area contributed by atoms with Crippen molar-refractivity contribution in [2.24, 2.45) is 23.7 Å². The number of amides is 2. The first-order valence-electron chi connectivity index (χ1n) is 13.2. The van der Waals surface area contributed by atoms with Gasteiger partial charge in [0.15, 0.2) is 6.29 Å². The lowest BCUT2D eigenvalue weighted by Crippen LogP contribution is -2.52. The molecule has 0 saturated carbocycles. The lowest BCUT2D eigenvalue weighted by Gasteiger charge is -2.30. The quantitative estimate of drug-likeness (QED) is 0.284. The van der Waals surface area contributed by atoms with Crippen molar-refractivity contribution in [3.8, 4) is 0 Å². The van der Waals surface area contributed by atoms with E-state index in [1.807, 2.05) is 56.3 Å². The molecule has 3 N–H and O–H groups in total. The maximum Gasteiger partial charge on any atom is 0.247 e. The average molecular weight is 554 g/mol. The number of hydrazine groups is 1. The van der Waals surface area contributed by atoms with Gasteiger partial charge in [-0.05, 0) is 43.1 Å². The van der Waals surface area contributed by atoms with Crippen LogP contribution in [0.25, 0.3) is 6.08 Å². The number of aliphatic hydroxyl groups is 1. The summed E-state index contributed by atoms with van der Waals surface area (Å²) in [5.74, 6) is -3.10. The summed E-state index contributed by atoms with van der Waals surface area (Å²) in [4.78, 5) is 32.4. The highest BCUT2D eigenvalue weighted by molar-refractivity contribution is 7.88. The van der Waals surface area contributed by atoms with Crippen molar-refractivity contribution in [1.82, 2.24) is 15.3 Å². The molecule has 10 nitrogen and oxygen atoms in total. The number of hydrogen-bond donors (Lipinski definition) is 3. The number of nitrogens with one attached hydrogen (secondary N) is 2. The first-order valence-corrected chi connectivity index (χ1v) is 15.0. The van der Waals surface area contributed by atoms with Gasteiger partial charge >= 0.3 is 0 Å². The van der Waals surface area contributed by atoms with E-state index in [4.69, 9.17) is 9.57 Å². The van der Waals surface area contributed by atoms with Crippen LogP contribution >= 0.6 is 0 Å². The largest absolute Gasteiger partial charge is 0.396 e. The highest BCUT2D eigenvalue weighted by atomic mass is 32.2. The summed E-state index contributed by atoms with van der Waals surface area (Å²) in [5.41, 5.74) is 5.94. The van der Waals surface area contributed by atoms with Crippen molar-refractivity contribution in [1.29, 1.82) is 0 Å². The minimum atomic E-state index is -3.82. The van der Waals surface area contributed by atoms with E-state index in [-0.39, 0.29) is 25.5 Å². The van der Waals surface area contributed by atoms with E-state index in [0.717, 1.165) is 29.1 Å². The molecule has 1 fully saturated rings. The molecule has 0 aromatic heterocycles. The van der Waals surface area contributed by atoms with Crippen molar-refractivity contribution < 1.29 is 32.7 Å². The molecule has 1 heterocycles. The number of ether oxygens (including phenoxy) is 1. The van der Waals surface area contributed by atoms with Crippen LogP contribution in [0.3, 0.4) is 0 Å². The number of allylic oxidation sites excluding steroid dienone is 1. The molecule has 1 aromatic rings. The molecule has 0 bridgehead atoms. The van der Waals surface area contributed by atoms with E-state index in [2.05, 4.69) is 10.9 Å². The molecule has 4 atom stereocenters. The van der Waals surface area contributed by atoms with E-state index >= 15 is 0 Å². The number of carbonyl (C=O) groups excluding carboxylic acids is 2. The first-order chi connectivity index (χ1) is 18.0. The molecule has 11 heteroatoms. The van der Waals surface area contributed by atoms with Crippen LogP contribution in [-0.2, 0) is 29.2 Å². The van der Waals surface area contributed by atoms with Gasteiger partial charge in [-0.1, -0.05) is 63.3 Å². The fourth-order valence-corrected chi connectivity index (χ4v) is 4.93. The molecule has 38 heavy (non-hydrogen) atoms. The number of rotatable bonds is 15. The molecule has 1 aliphatic heterocycles. The predicted octanol–water partition coefficient (Wildman–Crippen LogP) is 2.86. The van der Waals surface area contributed by atoms with Crippen molar-refractivity contribution in [2.75, 3.05) is 26.0 Å². The highest BCUT2D eigenvalue weighted by Gasteiger charge is 2.36. The van der Waals surface area contributed by atoms with Gasteiger partial charge in [-0.25, -0.2) is 18.7 Å². The third-order valence-electron chi connectivity index (χ3n) is 6.24. The Morgan fingerprint density at radius 3 is 2.45 bits per heavy atom. The van der Waals surface area contributed by atoms with Crippen LogP contribution in [0.2, 0.25) is 0 Å². The minimum absolute atomic E-state index is 0.0461. The second-order valence-electron chi connectivity index (χ2n) is 10.3. The third-order valence-corrected chi connectivity index (χ3v) is 7.28. The number of benzene rings is 1. The Hall–Kier alpha value is -2.31. The van der Waals surface area contributed by atoms with Gasteiger partial charge in [-0.15, -0.1) is 4.41 Å². The SMILES string of the molecule is CC(C)C[C@@H](C(=O)NN(C[C@@H](C)CO)S(C)(=O)=O)[C@H](C/C=C/c1ccccc1)C(=O)NOC1CCCCO1. The number of nitrogens with zero attached hydrogens (tertiary/aromatic N) is 1. The monoisotopic (exact) mass is 553 g/mol. The summed E-state index contributed by atoms with van der Waals surface area (Å²) >= 11 is 0. The predicted molar refractivity (Wildman–Crippen MR) is 145 cm³/mol. The van der Waals surface area contributed by atoms with Crippen LogP contribution in [0.5, 0.6) is 0 Å². The van der Waals surface area contributed by atoms with Gasteiger partial charge in [-0.2, -0.15) is 0 Å². The maximum atomic E-state index is 13.5. The van der Waals surface area contributed by atoms with Gasteiger partial charge in [0.1, 0.15) is 0 Å². The molecule has 0 radical (unpaired) electrons. The Morgan fingerprint density at radius 2 is 1.87 bits per heavy atom. The zero-order chi connectivity index (χ0) is 28.1. The summed E-state index contributed by atoms with van der Waals surface area (Å²) < 4.78 is 31.1. The molecule has 2 rings (SSSR count). The van der Waals surface area contributed by atoms with Crippen LogP contribution in [-0.4, -0.2) is 62.1 Å². The summed E-state index contributed by atoms with van der Waals surface area (Å²) in [6.45, 7) is 5.75. The fourth-order valence-electron chi connectivity index (χ4n) is 4.14. The minimum Gasteiger partial charge on any atom is -0.396 e. The molecule has 0 spiro atoms. The van der Waals surface area contributed by atoms with E-state index in [0.29, 0.717) is 19.4 Å². The van der Waals surface area contributed by atoms with Crippen LogP contribution < -0.4 is 10.9 Å². The molecule has 2 amide bonds. The molecule has 1 aliphatic rings. The fraction of sp³-hybridized carbons (Fsp3) is 0.630. The molecular weight excluding hydrogens is 510 g/mol. The molecule has 1 saturated heterocycles. The van der Waals surface area contributed by atoms with Gasteiger partial charge in [0.2, 0.25) is 21.8 Å². The Balaban J connectivity index is 2.29. The number of hydroxylamine groups is 1. The zero-order valence-electron chi connectivity index (χ0n) is 22.8. The Labute approximate surface area is 226 Å². The number of carbonyl (C=O) groups is 2. The Morgan fingerprint density at radius 1 is 1.16 bits per heavy atom. The second-order valence-corrected chi connectivity index (χ2v) is 12.2. The summed E-state index contributed by atoms with van der Waals surface area (Å²) in [6.07, 6.45) is 7.23. The standard InChI is InChI=1S/C27H43N3O7S/c1-20(2)17-24(26(32)28-30(38(4,34)35)18-21(3)19-31)23(14-10-13-22-11-6-5-7-12-22)27(33)29-37-25-15-8-9-16-36-25/h5-7,10-13,20-21,23-25,31H,8-9,14-19H2,1-4H3,(H,28,32)(H,29,33)/b13-10+/t21-,23+,24-,25?/m1/s1. The van der Waals surface area contributed by atoms with Crippen molar-refractivity contribution in [2.45, 2.75) is 59.2 Å². The van der Waals surface area contributed by atoms with Gasteiger partial charge in [0.05, 0.1) is 18.1 Å². The topological polar surface area (TPSA) is 134 Å². The lowest BCUT2D eigenvalue weighted by atomic mass is 9.82. The first kappa shape index (κ1) is 31.9. The van der Waals surface area contributed by atoms with E-state index < -0.39 is 45.9 Å². The van der Waals surface area contributed by atoms with Crippen molar-refractivity contribution in [3.63, 3.8) is 0 Å². The highest BCUT2D eigenvalue weighted by Crippen LogP contribution is 2.26. The smallest absolute Gasteiger partial charge is 0.247 e. The molecule has 214 valence electrons. The van der Waals surface area contributed by atoms with Crippen LogP contribution in [0.4, 0.5) is 0 Å². The van der Waals surface area contributed by atoms with Crippen molar-refractivity contribution in [3.05, 3.63) is 42.0 Å². The second kappa shape index (κ2) is 15.9. The molecule has 1 aromatic carbocycles. The van der Waals surface area contributed by atoms with E-state index in [1.165, 1.54) is 0 Å². The molecule has 0 aliphatic carbocycles. The van der Waals surface area contributed by atoms with Gasteiger partial charge in [0, 0.05) is 26.2 Å². The summed E-state index contributed by atoms with van der Waals surface area (Å²) in [5, 5.41) is 9.41. The number of aliphatic hydroxyl groups excluding tert-OH is 1. The van der Waals surface area contributed by atoms with Gasteiger partial charge in [-0.3, -0.25) is 15.0 Å². The van der Waals surface area contributed by atoms with Gasteiger partial charge in [0.25, 0.3) is 0 Å². The van der Waals surface area contributed by atoms with Crippen molar-refractivity contribution >= 4 is 27.9 Å². The Bertz CT molecular complexity index is 995. The van der Waals surface area contributed by atoms with Gasteiger partial charge < -0.3 is 9.84 Å². The maximum absolute atomic E-state index is 13.5. The average Bonchev–Trinajstić information content (AvgIpc) is 2.88. The lowest BCUT2D eigenvalue weighted by molar-refractivity contribution is -0.203. The Kier molecular flexibility index (Phi) is 13.4. The van der Waals surface area contributed by atoms with E-state index in [9.17, 15) is 23.1 Å². The normalized spacial score (nSPS) is 18.9. The molecular formula is C27H43N3O7S. The zero-order valence-corrected chi connectivity index (χ0v) is 23.7. The summed E-state index contributed by atoms with van der Waals surface area (Å²) in [6, 6.07) is 9.58. The number of sulfonamides is 1. The third kappa shape index (κ3) is 11.2. The number of hydrogen-bond acceptors (Lipinski definition) is 7. The molecule has 1 unspecified atom stereocenters. The van der Waals surface area contributed by atoms with Crippen LogP contribution in [0.15, 0.2) is 36.4 Å². The summed E-state index contributed by atoms with van der Waals surface area (Å²) in [7, 11) is -3.82. The van der Waals surface area contributed by atoms with Crippen LogP contribution in [0.1, 0.15) is 58.4 Å². The van der Waals surface area contributed by atoms with E-state index in [1.54, 1.807) is 6.92 Å². The van der Waals surface area contributed by atoms with Crippen LogP contribution in [0, 0.1) is 23.7 Å².